The fourth-order valence-electron chi connectivity index (χ4n) is 4.28. The normalized spacial score (nSPS) is 25.9. The second kappa shape index (κ2) is 7.22. The summed E-state index contributed by atoms with van der Waals surface area (Å²) in [7, 11) is 0. The standard InChI is InChI=1S/C21H21Cl2NO2/c22-14-5-10-18(19(23)12-14)20-11-13-3-1-2-4-17(13)21(26)24(20)15-6-8-16(25)9-7-15/h1-5,10,12,15-16,20,25H,6-9,11H2/t15-,16-,20-/m1/s1. The largest absolute Gasteiger partial charge is 0.393 e. The molecule has 1 heterocycles. The van der Waals surface area contributed by atoms with Crippen molar-refractivity contribution in [1.82, 2.24) is 4.90 Å². The molecule has 1 aliphatic heterocycles. The van der Waals surface area contributed by atoms with E-state index in [0.29, 0.717) is 10.0 Å². The number of hydrogen-bond donors (Lipinski definition) is 1. The lowest BCUT2D eigenvalue weighted by atomic mass is 9.84. The van der Waals surface area contributed by atoms with E-state index < -0.39 is 0 Å². The Morgan fingerprint density at radius 3 is 2.46 bits per heavy atom. The molecule has 1 N–H and O–H groups in total. The Morgan fingerprint density at radius 2 is 1.73 bits per heavy atom. The molecule has 136 valence electrons. The highest BCUT2D eigenvalue weighted by molar-refractivity contribution is 6.35. The second-order valence-corrected chi connectivity index (χ2v) is 8.06. The lowest BCUT2D eigenvalue weighted by molar-refractivity contribution is 0.0330. The molecule has 2 aromatic carbocycles. The number of hydrogen-bond acceptors (Lipinski definition) is 2. The summed E-state index contributed by atoms with van der Waals surface area (Å²) in [4.78, 5) is 15.4. The molecular formula is C21H21Cl2NO2. The second-order valence-electron chi connectivity index (χ2n) is 7.22. The van der Waals surface area contributed by atoms with Crippen molar-refractivity contribution < 1.29 is 9.90 Å². The molecule has 3 nitrogen and oxygen atoms in total. The van der Waals surface area contributed by atoms with Crippen LogP contribution in [0.4, 0.5) is 0 Å². The molecule has 0 saturated heterocycles. The summed E-state index contributed by atoms with van der Waals surface area (Å²) in [5.74, 6) is 0.0595. The first-order valence-corrected chi connectivity index (χ1v) is 9.84. The summed E-state index contributed by atoms with van der Waals surface area (Å²) in [6, 6.07) is 13.3. The third-order valence-electron chi connectivity index (χ3n) is 5.61. The minimum atomic E-state index is -0.254. The Balaban J connectivity index is 1.77. The zero-order valence-electron chi connectivity index (χ0n) is 14.4. The molecule has 0 bridgehead atoms. The van der Waals surface area contributed by atoms with Gasteiger partial charge in [0.25, 0.3) is 5.91 Å². The average Bonchev–Trinajstić information content (AvgIpc) is 2.63. The Bertz CT molecular complexity index is 831. The third kappa shape index (κ3) is 3.24. The molecule has 1 aliphatic carbocycles. The summed E-state index contributed by atoms with van der Waals surface area (Å²) in [6.45, 7) is 0. The van der Waals surface area contributed by atoms with Gasteiger partial charge in [-0.05, 0) is 61.4 Å². The Morgan fingerprint density at radius 1 is 1.00 bits per heavy atom. The SMILES string of the molecule is O=C1c2ccccc2C[C@H](c2ccc(Cl)cc2Cl)N1[C@H]1CC[C@H](O)CC1. The number of aliphatic hydroxyl groups is 1. The monoisotopic (exact) mass is 389 g/mol. The molecule has 0 unspecified atom stereocenters. The third-order valence-corrected chi connectivity index (χ3v) is 6.17. The van der Waals surface area contributed by atoms with Gasteiger partial charge in [0.05, 0.1) is 12.1 Å². The van der Waals surface area contributed by atoms with Gasteiger partial charge in [-0.1, -0.05) is 47.5 Å². The van der Waals surface area contributed by atoms with Gasteiger partial charge in [0.1, 0.15) is 0 Å². The van der Waals surface area contributed by atoms with Crippen molar-refractivity contribution >= 4 is 29.1 Å². The van der Waals surface area contributed by atoms with E-state index in [0.717, 1.165) is 48.8 Å². The molecule has 0 spiro atoms. The van der Waals surface area contributed by atoms with Gasteiger partial charge in [-0.3, -0.25) is 4.79 Å². The number of carbonyl (C=O) groups is 1. The van der Waals surface area contributed by atoms with Gasteiger partial charge in [0.15, 0.2) is 0 Å². The van der Waals surface area contributed by atoms with Gasteiger partial charge >= 0.3 is 0 Å². The van der Waals surface area contributed by atoms with Crippen molar-refractivity contribution in [3.63, 3.8) is 0 Å². The van der Waals surface area contributed by atoms with E-state index in [9.17, 15) is 9.90 Å². The van der Waals surface area contributed by atoms with Crippen molar-refractivity contribution in [2.75, 3.05) is 0 Å². The van der Waals surface area contributed by atoms with Crippen molar-refractivity contribution in [2.24, 2.45) is 0 Å². The van der Waals surface area contributed by atoms with Crippen LogP contribution < -0.4 is 0 Å². The van der Waals surface area contributed by atoms with E-state index in [2.05, 4.69) is 0 Å². The van der Waals surface area contributed by atoms with Gasteiger partial charge < -0.3 is 10.0 Å². The molecule has 2 aliphatic rings. The van der Waals surface area contributed by atoms with E-state index in [4.69, 9.17) is 23.2 Å². The summed E-state index contributed by atoms with van der Waals surface area (Å²) >= 11 is 12.6. The molecule has 1 atom stereocenters. The van der Waals surface area contributed by atoms with Gasteiger partial charge in [-0.15, -0.1) is 0 Å². The fraction of sp³-hybridized carbons (Fsp3) is 0.381. The van der Waals surface area contributed by atoms with E-state index in [1.54, 1.807) is 6.07 Å². The van der Waals surface area contributed by atoms with Crippen LogP contribution >= 0.6 is 23.2 Å². The number of benzene rings is 2. The lowest BCUT2D eigenvalue weighted by Gasteiger charge is -2.44. The van der Waals surface area contributed by atoms with Crippen LogP contribution in [0, 0.1) is 0 Å². The number of amides is 1. The van der Waals surface area contributed by atoms with Crippen LogP contribution in [0.1, 0.15) is 53.2 Å². The Labute approximate surface area is 163 Å². The number of nitrogens with zero attached hydrogens (tertiary/aromatic N) is 1. The van der Waals surface area contributed by atoms with Gasteiger partial charge in [-0.25, -0.2) is 0 Å². The quantitative estimate of drug-likeness (QED) is 0.781. The number of carbonyl (C=O) groups excluding carboxylic acids is 1. The molecule has 5 heteroatoms. The Hall–Kier alpha value is -1.55. The van der Waals surface area contributed by atoms with Crippen LogP contribution in [0.25, 0.3) is 0 Å². The van der Waals surface area contributed by atoms with Gasteiger partial charge in [-0.2, -0.15) is 0 Å². The highest BCUT2D eigenvalue weighted by Crippen LogP contribution is 2.40. The maximum Gasteiger partial charge on any atom is 0.254 e. The topological polar surface area (TPSA) is 40.5 Å². The predicted octanol–water partition coefficient (Wildman–Crippen LogP) is 5.04. The van der Waals surface area contributed by atoms with Gasteiger partial charge in [0, 0.05) is 21.7 Å². The van der Waals surface area contributed by atoms with Crippen molar-refractivity contribution in [3.05, 3.63) is 69.2 Å². The van der Waals surface area contributed by atoms with E-state index in [1.807, 2.05) is 41.3 Å². The van der Waals surface area contributed by atoms with E-state index >= 15 is 0 Å². The zero-order chi connectivity index (χ0) is 18.3. The first-order chi connectivity index (χ1) is 12.5. The number of halogens is 2. The summed E-state index contributed by atoms with van der Waals surface area (Å²) in [6.07, 6.45) is 3.58. The smallest absolute Gasteiger partial charge is 0.254 e. The van der Waals surface area contributed by atoms with Crippen LogP contribution in [-0.4, -0.2) is 28.1 Å². The zero-order valence-corrected chi connectivity index (χ0v) is 15.9. The lowest BCUT2D eigenvalue weighted by Crippen LogP contribution is -2.48. The van der Waals surface area contributed by atoms with E-state index in [1.165, 1.54) is 0 Å². The summed E-state index contributed by atoms with van der Waals surface area (Å²) < 4.78 is 0. The summed E-state index contributed by atoms with van der Waals surface area (Å²) in [5, 5.41) is 11.1. The van der Waals surface area contributed by atoms with Crippen LogP contribution in [0.5, 0.6) is 0 Å². The Kier molecular flexibility index (Phi) is 4.96. The molecule has 1 amide bonds. The van der Waals surface area contributed by atoms with Crippen LogP contribution in [0.3, 0.4) is 0 Å². The first-order valence-electron chi connectivity index (χ1n) is 9.08. The number of aliphatic hydroxyl groups excluding tert-OH is 1. The first kappa shape index (κ1) is 17.8. The predicted molar refractivity (Wildman–Crippen MR) is 104 cm³/mol. The van der Waals surface area contributed by atoms with Gasteiger partial charge in [0.2, 0.25) is 0 Å². The molecule has 0 radical (unpaired) electrons. The molecule has 4 rings (SSSR count). The maximum absolute atomic E-state index is 13.4. The molecule has 2 aromatic rings. The summed E-state index contributed by atoms with van der Waals surface area (Å²) in [5.41, 5.74) is 2.77. The fourth-order valence-corrected chi connectivity index (χ4v) is 4.82. The van der Waals surface area contributed by atoms with Crippen molar-refractivity contribution in [2.45, 2.75) is 50.3 Å². The molecular weight excluding hydrogens is 369 g/mol. The number of fused-ring (bicyclic) bond motifs is 1. The highest BCUT2D eigenvalue weighted by Gasteiger charge is 2.39. The minimum Gasteiger partial charge on any atom is -0.393 e. The highest BCUT2D eigenvalue weighted by atomic mass is 35.5. The van der Waals surface area contributed by atoms with Crippen LogP contribution in [0.15, 0.2) is 42.5 Å². The van der Waals surface area contributed by atoms with Crippen LogP contribution in [0.2, 0.25) is 10.0 Å². The average molecular weight is 390 g/mol. The van der Waals surface area contributed by atoms with E-state index in [-0.39, 0.29) is 24.1 Å². The van der Waals surface area contributed by atoms with Crippen molar-refractivity contribution in [1.29, 1.82) is 0 Å². The van der Waals surface area contributed by atoms with Crippen molar-refractivity contribution in [3.8, 4) is 0 Å². The minimum absolute atomic E-state index is 0.0595. The maximum atomic E-state index is 13.4. The molecule has 1 saturated carbocycles. The van der Waals surface area contributed by atoms with Crippen LogP contribution in [-0.2, 0) is 6.42 Å². The molecule has 0 aromatic heterocycles. The molecule has 26 heavy (non-hydrogen) atoms. The molecule has 1 fully saturated rings. The number of rotatable bonds is 2.